The monoisotopic (exact) mass is 205 g/mol. The molecule has 0 aliphatic rings. The highest BCUT2D eigenvalue weighted by atomic mass is 16.4. The summed E-state index contributed by atoms with van der Waals surface area (Å²) >= 11 is 0. The van der Waals surface area contributed by atoms with E-state index in [1.807, 2.05) is 6.92 Å². The number of carboxylic acids is 2. The molecule has 1 N–H and O–H groups in total. The predicted molar refractivity (Wildman–Crippen MR) is 50.5 cm³/mol. The van der Waals surface area contributed by atoms with Gasteiger partial charge in [-0.25, -0.2) is 0 Å². The number of carbonyl (C=O) groups excluding carboxylic acids is 1. The number of hydrogen-bond donors (Lipinski definition) is 1. The molecule has 0 heterocycles. The first-order chi connectivity index (χ1) is 6.19. The second-order valence-electron chi connectivity index (χ2n) is 3.96. The minimum Gasteiger partial charge on any atom is -0.544 e. The van der Waals surface area contributed by atoms with E-state index >= 15 is 0 Å². The van der Waals surface area contributed by atoms with E-state index in [1.165, 1.54) is 0 Å². The highest BCUT2D eigenvalue weighted by Crippen LogP contribution is 1.85. The van der Waals surface area contributed by atoms with Crippen LogP contribution < -0.4 is 5.11 Å². The summed E-state index contributed by atoms with van der Waals surface area (Å²) in [6.07, 6.45) is 1.02. The molecule has 0 atom stereocenters. The first-order valence-corrected chi connectivity index (χ1v) is 4.41. The van der Waals surface area contributed by atoms with Crippen LogP contribution in [0.15, 0.2) is 0 Å². The molecule has 0 bridgehead atoms. The molecule has 0 aliphatic carbocycles. The zero-order valence-corrected chi connectivity index (χ0v) is 9.24. The first kappa shape index (κ1) is 15.4. The maximum atomic E-state index is 9.89. The van der Waals surface area contributed by atoms with Gasteiger partial charge in [-0.3, -0.25) is 4.79 Å². The Bertz CT molecular complexity index is 184. The molecule has 0 aromatic carbocycles. The van der Waals surface area contributed by atoms with Crippen molar-refractivity contribution >= 4 is 11.9 Å². The van der Waals surface area contributed by atoms with Crippen molar-refractivity contribution < 1.29 is 24.3 Å². The Balaban J connectivity index is 0. The lowest BCUT2D eigenvalue weighted by Crippen LogP contribution is -2.45. The summed E-state index contributed by atoms with van der Waals surface area (Å²) < 4.78 is 0.419. The van der Waals surface area contributed by atoms with Gasteiger partial charge >= 0.3 is 5.97 Å². The van der Waals surface area contributed by atoms with E-state index in [2.05, 4.69) is 0 Å². The minimum atomic E-state index is -1.00. The molecule has 0 radical (unpaired) electrons. The van der Waals surface area contributed by atoms with Gasteiger partial charge in [0.15, 0.2) is 0 Å². The smallest absolute Gasteiger partial charge is 0.303 e. The highest BCUT2D eigenvalue weighted by Gasteiger charge is 2.04. The van der Waals surface area contributed by atoms with Crippen LogP contribution >= 0.6 is 0 Å². The molecule has 0 aromatic heterocycles. The molecular formula is C9H19NO4. The average molecular weight is 205 g/mol. The van der Waals surface area contributed by atoms with E-state index in [1.54, 1.807) is 21.1 Å². The molecule has 14 heavy (non-hydrogen) atoms. The van der Waals surface area contributed by atoms with Gasteiger partial charge in [0, 0.05) is 6.42 Å². The Morgan fingerprint density at radius 2 is 1.71 bits per heavy atom. The fourth-order valence-corrected chi connectivity index (χ4v) is 0.601. The Hall–Kier alpha value is -1.10. The van der Waals surface area contributed by atoms with E-state index in [0.717, 1.165) is 6.42 Å². The summed E-state index contributed by atoms with van der Waals surface area (Å²) in [7, 11) is 5.40. The molecule has 84 valence electrons. The number of aliphatic carboxylic acids is 2. The number of rotatable bonds is 4. The maximum absolute atomic E-state index is 9.89. The second-order valence-corrected chi connectivity index (χ2v) is 3.96. The fourth-order valence-electron chi connectivity index (χ4n) is 0.601. The Labute approximate surface area is 84.5 Å². The van der Waals surface area contributed by atoms with Crippen molar-refractivity contribution in [2.45, 2.75) is 19.8 Å². The number of likely N-dealkylation sites (N-methyl/N-ethyl adjacent to an activating group) is 1. The second kappa shape index (κ2) is 7.32. The van der Waals surface area contributed by atoms with Crippen molar-refractivity contribution in [3.63, 3.8) is 0 Å². The highest BCUT2D eigenvalue weighted by molar-refractivity contribution is 5.66. The van der Waals surface area contributed by atoms with Crippen LogP contribution in [0.4, 0.5) is 0 Å². The van der Waals surface area contributed by atoms with Crippen molar-refractivity contribution in [2.24, 2.45) is 0 Å². The van der Waals surface area contributed by atoms with Gasteiger partial charge in [0.1, 0.15) is 6.54 Å². The molecule has 0 saturated carbocycles. The van der Waals surface area contributed by atoms with Gasteiger partial charge in [0.2, 0.25) is 0 Å². The summed E-state index contributed by atoms with van der Waals surface area (Å²) in [6, 6.07) is 0. The minimum absolute atomic E-state index is 0.0694. The third-order valence-electron chi connectivity index (χ3n) is 1.07. The van der Waals surface area contributed by atoms with Crippen molar-refractivity contribution in [3.8, 4) is 0 Å². The summed E-state index contributed by atoms with van der Waals surface area (Å²) in [6.45, 7) is 1.91. The topological polar surface area (TPSA) is 77.4 Å². The average Bonchev–Trinajstić information content (AvgIpc) is 1.80. The number of nitrogens with zero attached hydrogens (tertiary/aromatic N) is 1. The van der Waals surface area contributed by atoms with Gasteiger partial charge in [-0.1, -0.05) is 6.92 Å². The zero-order valence-electron chi connectivity index (χ0n) is 9.24. The van der Waals surface area contributed by atoms with E-state index < -0.39 is 11.9 Å². The van der Waals surface area contributed by atoms with E-state index in [4.69, 9.17) is 5.11 Å². The molecule has 0 rings (SSSR count). The Morgan fingerprint density at radius 1 is 1.29 bits per heavy atom. The Kier molecular flexibility index (Phi) is 8.04. The molecule has 5 nitrogen and oxygen atoms in total. The summed E-state index contributed by atoms with van der Waals surface area (Å²) in [5, 5.41) is 17.8. The molecule has 0 saturated heterocycles. The number of quaternary nitrogens is 1. The van der Waals surface area contributed by atoms with Crippen LogP contribution in [0.5, 0.6) is 0 Å². The van der Waals surface area contributed by atoms with Gasteiger partial charge in [-0.15, -0.1) is 0 Å². The van der Waals surface area contributed by atoms with Gasteiger partial charge in [0.05, 0.1) is 27.1 Å². The molecule has 0 aromatic rings. The van der Waals surface area contributed by atoms with Gasteiger partial charge in [-0.2, -0.15) is 0 Å². The zero-order chi connectivity index (χ0) is 11.8. The third-order valence-corrected chi connectivity index (χ3v) is 1.07. The van der Waals surface area contributed by atoms with Crippen molar-refractivity contribution in [2.75, 3.05) is 27.7 Å². The molecule has 0 unspecified atom stereocenters. The lowest BCUT2D eigenvalue weighted by molar-refractivity contribution is -0.864. The van der Waals surface area contributed by atoms with E-state index in [0.29, 0.717) is 10.9 Å². The lowest BCUT2D eigenvalue weighted by Gasteiger charge is -2.23. The van der Waals surface area contributed by atoms with Crippen LogP contribution in [-0.4, -0.2) is 49.2 Å². The normalized spacial score (nSPS) is 10.0. The SMILES string of the molecule is CCCC(=O)O.C[N+](C)(C)CC(=O)[O-]. The quantitative estimate of drug-likeness (QED) is 0.616. The lowest BCUT2D eigenvalue weighted by atomic mass is 10.4. The van der Waals surface area contributed by atoms with Crippen LogP contribution in [0.2, 0.25) is 0 Å². The van der Waals surface area contributed by atoms with Gasteiger partial charge in [-0.05, 0) is 6.42 Å². The molecule has 0 aliphatic heterocycles. The largest absolute Gasteiger partial charge is 0.544 e. The van der Waals surface area contributed by atoms with Gasteiger partial charge in [0.25, 0.3) is 0 Å². The van der Waals surface area contributed by atoms with Crippen molar-refractivity contribution in [1.82, 2.24) is 0 Å². The number of hydrogen-bond acceptors (Lipinski definition) is 3. The van der Waals surface area contributed by atoms with Gasteiger partial charge < -0.3 is 19.5 Å². The molecular weight excluding hydrogens is 186 g/mol. The number of carboxylic acid groups (broad SMARTS) is 2. The molecule has 0 spiro atoms. The van der Waals surface area contributed by atoms with Crippen LogP contribution in [0.1, 0.15) is 19.8 Å². The fraction of sp³-hybridized carbons (Fsp3) is 0.778. The summed E-state index contributed by atoms with van der Waals surface area (Å²) in [5.41, 5.74) is 0. The van der Waals surface area contributed by atoms with E-state index in [9.17, 15) is 14.7 Å². The third kappa shape index (κ3) is 22.4. The molecule has 5 heteroatoms. The van der Waals surface area contributed by atoms with Crippen LogP contribution in [0.3, 0.4) is 0 Å². The maximum Gasteiger partial charge on any atom is 0.303 e. The number of carbonyl (C=O) groups is 2. The van der Waals surface area contributed by atoms with Crippen LogP contribution in [0.25, 0.3) is 0 Å². The van der Waals surface area contributed by atoms with Crippen molar-refractivity contribution in [1.29, 1.82) is 0 Å². The predicted octanol–water partition coefficient (Wildman–Crippen LogP) is -0.686. The van der Waals surface area contributed by atoms with Crippen molar-refractivity contribution in [3.05, 3.63) is 0 Å². The standard InChI is InChI=1S/C5H11NO2.C4H8O2/c1-6(2,3)4-5(7)8;1-2-3-4(5)6/h4H2,1-3H3;2-3H2,1H3,(H,5,6). The van der Waals surface area contributed by atoms with Crippen LogP contribution in [0, 0.1) is 0 Å². The first-order valence-electron chi connectivity index (χ1n) is 4.41. The van der Waals surface area contributed by atoms with Crippen LogP contribution in [-0.2, 0) is 9.59 Å². The summed E-state index contributed by atoms with van der Waals surface area (Å²) in [5.74, 6) is -1.71. The molecule has 0 fully saturated rings. The molecule has 0 amide bonds. The Morgan fingerprint density at radius 3 is 1.71 bits per heavy atom. The van der Waals surface area contributed by atoms with E-state index in [-0.39, 0.29) is 6.54 Å². The summed E-state index contributed by atoms with van der Waals surface area (Å²) in [4.78, 5) is 19.5.